The molecule has 4 rings (SSSR count). The van der Waals surface area contributed by atoms with E-state index < -0.39 is 0 Å². The third-order valence-corrected chi connectivity index (χ3v) is 7.64. The van der Waals surface area contributed by atoms with Gasteiger partial charge in [-0.1, -0.05) is 38.5 Å². The van der Waals surface area contributed by atoms with Gasteiger partial charge in [-0.3, -0.25) is 0 Å². The Bertz CT molecular complexity index is 577. The van der Waals surface area contributed by atoms with Crippen LogP contribution in [0.25, 0.3) is 0 Å². The Labute approximate surface area is 141 Å². The molecular formula is C22H32O. The fraction of sp³-hybridized carbons (Fsp3) is 0.727. The van der Waals surface area contributed by atoms with Gasteiger partial charge in [0.25, 0.3) is 0 Å². The minimum atomic E-state index is 0.425. The average molecular weight is 312 g/mol. The third-order valence-electron chi connectivity index (χ3n) is 7.64. The molecule has 1 heteroatoms. The van der Waals surface area contributed by atoms with Crippen LogP contribution in [0, 0.1) is 17.3 Å². The second-order valence-electron chi connectivity index (χ2n) is 8.50. The maximum Gasteiger partial charge on any atom is 0.0627 e. The van der Waals surface area contributed by atoms with Crippen molar-refractivity contribution in [1.29, 1.82) is 0 Å². The van der Waals surface area contributed by atoms with Gasteiger partial charge in [-0.25, -0.2) is 0 Å². The Morgan fingerprint density at radius 2 is 2.04 bits per heavy atom. The van der Waals surface area contributed by atoms with Crippen molar-refractivity contribution in [2.24, 2.45) is 17.3 Å². The predicted octanol–water partition coefficient (Wildman–Crippen LogP) is 5.51. The lowest BCUT2D eigenvalue weighted by Crippen LogP contribution is -2.51. The quantitative estimate of drug-likeness (QED) is 0.699. The van der Waals surface area contributed by atoms with Crippen LogP contribution in [0.15, 0.2) is 18.2 Å². The molecule has 0 aliphatic heterocycles. The van der Waals surface area contributed by atoms with Gasteiger partial charge < -0.3 is 4.74 Å². The summed E-state index contributed by atoms with van der Waals surface area (Å²) in [5.74, 6) is 2.59. The molecule has 1 aromatic rings. The molecule has 3 aliphatic carbocycles. The second-order valence-corrected chi connectivity index (χ2v) is 8.50. The molecule has 0 bridgehead atoms. The number of fused-ring (bicyclic) bond motifs is 5. The summed E-state index contributed by atoms with van der Waals surface area (Å²) >= 11 is 0. The molecule has 126 valence electrons. The summed E-state index contributed by atoms with van der Waals surface area (Å²) < 4.78 is 5.95. The van der Waals surface area contributed by atoms with Crippen LogP contribution >= 0.6 is 0 Å². The summed E-state index contributed by atoms with van der Waals surface area (Å²) in [6, 6.07) is 7.33. The number of ether oxygens (including phenoxy) is 1. The van der Waals surface area contributed by atoms with Crippen molar-refractivity contribution in [3.63, 3.8) is 0 Å². The molecule has 2 fully saturated rings. The topological polar surface area (TPSA) is 9.23 Å². The lowest BCUT2D eigenvalue weighted by atomic mass is 9.50. The highest BCUT2D eigenvalue weighted by Gasteiger charge is 2.53. The fourth-order valence-corrected chi connectivity index (χ4v) is 6.37. The fourth-order valence-electron chi connectivity index (χ4n) is 6.37. The van der Waals surface area contributed by atoms with Crippen LogP contribution in [0.5, 0.6) is 0 Å². The van der Waals surface area contributed by atoms with E-state index in [0.29, 0.717) is 11.5 Å². The van der Waals surface area contributed by atoms with Gasteiger partial charge in [0.2, 0.25) is 0 Å². The van der Waals surface area contributed by atoms with E-state index in [2.05, 4.69) is 32.0 Å². The van der Waals surface area contributed by atoms with Crippen molar-refractivity contribution in [3.8, 4) is 0 Å². The number of benzene rings is 1. The van der Waals surface area contributed by atoms with Crippen molar-refractivity contribution >= 4 is 0 Å². The number of rotatable bonds is 2. The van der Waals surface area contributed by atoms with E-state index in [1.54, 1.807) is 11.1 Å². The first-order valence-electron chi connectivity index (χ1n) is 9.82. The Morgan fingerprint density at radius 3 is 2.83 bits per heavy atom. The minimum absolute atomic E-state index is 0.425. The largest absolute Gasteiger partial charge is 0.381 e. The zero-order valence-corrected chi connectivity index (χ0v) is 15.1. The summed E-state index contributed by atoms with van der Waals surface area (Å²) in [5.41, 5.74) is 5.30. The molecule has 23 heavy (non-hydrogen) atoms. The van der Waals surface area contributed by atoms with Gasteiger partial charge in [-0.15, -0.1) is 0 Å². The molecule has 0 aromatic heterocycles. The highest BCUT2D eigenvalue weighted by atomic mass is 16.5. The Morgan fingerprint density at radius 1 is 1.17 bits per heavy atom. The van der Waals surface area contributed by atoms with E-state index in [0.717, 1.165) is 24.2 Å². The van der Waals surface area contributed by atoms with E-state index in [-0.39, 0.29) is 0 Å². The maximum absolute atomic E-state index is 5.95. The van der Waals surface area contributed by atoms with Gasteiger partial charge in [0.1, 0.15) is 0 Å². The first-order valence-corrected chi connectivity index (χ1v) is 9.82. The lowest BCUT2D eigenvalue weighted by Gasteiger charge is -2.57. The highest BCUT2D eigenvalue weighted by Crippen LogP contribution is 2.60. The van der Waals surface area contributed by atoms with Crippen LogP contribution in [0.4, 0.5) is 0 Å². The summed E-state index contributed by atoms with van der Waals surface area (Å²) in [5, 5.41) is 0. The first kappa shape index (κ1) is 15.7. The molecule has 1 aromatic carbocycles. The molecule has 2 saturated carbocycles. The zero-order chi connectivity index (χ0) is 16.0. The SMILES string of the molecule is CCc1ccc2c(c1)[C@H]1CC[C@]3(C)C(OC)CCC[C@H]3[C@@H]1CC2. The number of hydrogen-bond donors (Lipinski definition) is 0. The molecule has 0 saturated heterocycles. The lowest BCUT2D eigenvalue weighted by molar-refractivity contribution is -0.114. The average Bonchev–Trinajstić information content (AvgIpc) is 2.59. The van der Waals surface area contributed by atoms with Gasteiger partial charge in [0.15, 0.2) is 0 Å². The minimum Gasteiger partial charge on any atom is -0.381 e. The molecule has 0 amide bonds. The smallest absolute Gasteiger partial charge is 0.0627 e. The van der Waals surface area contributed by atoms with Crippen molar-refractivity contribution in [3.05, 3.63) is 34.9 Å². The van der Waals surface area contributed by atoms with E-state index >= 15 is 0 Å². The molecule has 1 nitrogen and oxygen atoms in total. The van der Waals surface area contributed by atoms with E-state index in [9.17, 15) is 0 Å². The third kappa shape index (κ3) is 2.38. The van der Waals surface area contributed by atoms with Crippen molar-refractivity contribution in [1.82, 2.24) is 0 Å². The van der Waals surface area contributed by atoms with Crippen LogP contribution in [0.3, 0.4) is 0 Å². The van der Waals surface area contributed by atoms with Crippen molar-refractivity contribution in [2.45, 2.75) is 77.2 Å². The Hall–Kier alpha value is -0.820. The molecule has 5 atom stereocenters. The normalized spacial score (nSPS) is 39.3. The standard InChI is InChI=1S/C22H32O/c1-4-15-8-9-16-10-11-18-17(19(16)14-15)12-13-22(2)20(18)6-5-7-21(22)23-3/h8-9,14,17-18,20-21H,4-7,10-13H2,1-3H3/t17-,18+,20-,21?,22-/m0/s1. The molecule has 0 N–H and O–H groups in total. The molecule has 0 radical (unpaired) electrons. The summed E-state index contributed by atoms with van der Waals surface area (Å²) in [7, 11) is 1.94. The van der Waals surface area contributed by atoms with Gasteiger partial charge in [-0.2, -0.15) is 0 Å². The van der Waals surface area contributed by atoms with E-state index in [1.807, 2.05) is 7.11 Å². The number of methoxy groups -OCH3 is 1. The monoisotopic (exact) mass is 312 g/mol. The molecule has 1 unspecified atom stereocenters. The summed E-state index contributed by atoms with van der Waals surface area (Å²) in [6.07, 6.45) is 11.2. The van der Waals surface area contributed by atoms with Crippen LogP contribution in [-0.2, 0) is 17.6 Å². The van der Waals surface area contributed by atoms with Crippen LogP contribution in [-0.4, -0.2) is 13.2 Å². The number of aryl methyl sites for hydroxylation is 2. The van der Waals surface area contributed by atoms with Crippen molar-refractivity contribution < 1.29 is 4.74 Å². The number of hydrogen-bond acceptors (Lipinski definition) is 1. The molecule has 0 spiro atoms. The Kier molecular flexibility index (Phi) is 4.04. The van der Waals surface area contributed by atoms with Gasteiger partial charge in [-0.05, 0) is 84.8 Å². The maximum atomic E-state index is 5.95. The molecule has 3 aliphatic rings. The van der Waals surface area contributed by atoms with Gasteiger partial charge >= 0.3 is 0 Å². The van der Waals surface area contributed by atoms with Crippen LogP contribution in [0.1, 0.15) is 75.0 Å². The molecular weight excluding hydrogens is 280 g/mol. The zero-order valence-electron chi connectivity index (χ0n) is 15.1. The van der Waals surface area contributed by atoms with Crippen LogP contribution in [0.2, 0.25) is 0 Å². The predicted molar refractivity (Wildman–Crippen MR) is 95.9 cm³/mol. The van der Waals surface area contributed by atoms with E-state index in [1.165, 1.54) is 50.5 Å². The summed E-state index contributed by atoms with van der Waals surface area (Å²) in [4.78, 5) is 0. The first-order chi connectivity index (χ1) is 11.2. The highest BCUT2D eigenvalue weighted by molar-refractivity contribution is 5.38. The van der Waals surface area contributed by atoms with Crippen LogP contribution < -0.4 is 0 Å². The van der Waals surface area contributed by atoms with Gasteiger partial charge in [0.05, 0.1) is 6.10 Å². The van der Waals surface area contributed by atoms with E-state index in [4.69, 9.17) is 4.74 Å². The summed E-state index contributed by atoms with van der Waals surface area (Å²) in [6.45, 7) is 4.82. The Balaban J connectivity index is 1.68. The van der Waals surface area contributed by atoms with Gasteiger partial charge in [0, 0.05) is 7.11 Å². The van der Waals surface area contributed by atoms with Crippen molar-refractivity contribution in [2.75, 3.05) is 7.11 Å². The molecule has 0 heterocycles. The second kappa shape index (κ2) is 5.92.